The van der Waals surface area contributed by atoms with Gasteiger partial charge in [-0.05, 0) is 104 Å². The van der Waals surface area contributed by atoms with E-state index >= 15 is 4.39 Å². The zero-order valence-electron chi connectivity index (χ0n) is 26.1. The Balaban J connectivity index is 0.00000386. The summed E-state index contributed by atoms with van der Waals surface area (Å²) in [7, 11) is 0. The Morgan fingerprint density at radius 3 is 2.38 bits per heavy atom. The van der Waals surface area contributed by atoms with Crippen LogP contribution in [0.1, 0.15) is 61.4 Å². The Hall–Kier alpha value is -4.48. The Morgan fingerprint density at radius 1 is 1.00 bits per heavy atom. The van der Waals surface area contributed by atoms with E-state index < -0.39 is 23.3 Å². The lowest BCUT2D eigenvalue weighted by Crippen LogP contribution is -2.52. The lowest BCUT2D eigenvalue weighted by Gasteiger charge is -2.35. The SMILES string of the molecule is Cc1cc2[nH]c(C3CC3)nc2cc1-c1ccc(C[C@@H](C(N)=O)N(C(=O)C2CCC(CN)CC2)c2cc(F)c3c(=O)[nH][nH]c3c2)cc1.Cl. The number of aromatic amines is 3. The minimum Gasteiger partial charge on any atom is -0.368 e. The minimum atomic E-state index is -1.09. The zero-order valence-corrected chi connectivity index (χ0v) is 27.0. The van der Waals surface area contributed by atoms with Crippen LogP contribution in [0.2, 0.25) is 0 Å². The van der Waals surface area contributed by atoms with E-state index in [1.165, 1.54) is 23.8 Å². The van der Waals surface area contributed by atoms with Gasteiger partial charge < -0.3 is 16.5 Å². The molecular weight excluding hydrogens is 621 g/mol. The molecule has 0 spiro atoms. The number of aryl methyl sites for hydroxylation is 1. The van der Waals surface area contributed by atoms with Gasteiger partial charge in [-0.3, -0.25) is 29.5 Å². The van der Waals surface area contributed by atoms with Crippen LogP contribution in [0.3, 0.4) is 0 Å². The number of imidazole rings is 1. The van der Waals surface area contributed by atoms with Crippen molar-refractivity contribution in [3.63, 3.8) is 0 Å². The summed E-state index contributed by atoms with van der Waals surface area (Å²) < 4.78 is 15.3. The molecule has 7 rings (SSSR count). The van der Waals surface area contributed by atoms with Crippen LogP contribution < -0.4 is 21.9 Å². The van der Waals surface area contributed by atoms with Gasteiger partial charge in [-0.25, -0.2) is 9.37 Å². The highest BCUT2D eigenvalue weighted by Gasteiger charge is 2.36. The van der Waals surface area contributed by atoms with E-state index in [4.69, 9.17) is 16.5 Å². The summed E-state index contributed by atoms with van der Waals surface area (Å²) in [6, 6.07) is 13.6. The van der Waals surface area contributed by atoms with Gasteiger partial charge in [0.25, 0.3) is 5.56 Å². The molecule has 246 valence electrons. The van der Waals surface area contributed by atoms with Gasteiger partial charge in [-0.1, -0.05) is 24.3 Å². The molecule has 2 aliphatic rings. The monoisotopic (exact) mass is 659 g/mol. The van der Waals surface area contributed by atoms with E-state index in [-0.39, 0.29) is 47.2 Å². The number of rotatable bonds is 9. The van der Waals surface area contributed by atoms with E-state index in [1.54, 1.807) is 0 Å². The summed E-state index contributed by atoms with van der Waals surface area (Å²) in [6.07, 6.45) is 5.31. The fraction of sp³-hybridized carbons (Fsp3) is 0.371. The second-order valence-corrected chi connectivity index (χ2v) is 13.0. The molecule has 2 fully saturated rings. The van der Waals surface area contributed by atoms with Crippen LogP contribution >= 0.6 is 12.4 Å². The van der Waals surface area contributed by atoms with Crippen molar-refractivity contribution in [1.29, 1.82) is 0 Å². The molecule has 10 nitrogen and oxygen atoms in total. The molecule has 0 aliphatic heterocycles. The van der Waals surface area contributed by atoms with Crippen molar-refractivity contribution < 1.29 is 14.0 Å². The maximum Gasteiger partial charge on any atom is 0.274 e. The van der Waals surface area contributed by atoms with Gasteiger partial charge in [0, 0.05) is 23.9 Å². The first-order valence-electron chi connectivity index (χ1n) is 16.0. The molecule has 0 unspecified atom stereocenters. The van der Waals surface area contributed by atoms with E-state index in [0.29, 0.717) is 31.2 Å². The number of nitrogens with one attached hydrogen (secondary N) is 3. The molecule has 2 amide bonds. The number of fused-ring (bicyclic) bond motifs is 2. The third-order valence-electron chi connectivity index (χ3n) is 9.80. The largest absolute Gasteiger partial charge is 0.368 e. The first-order chi connectivity index (χ1) is 22.2. The molecule has 0 bridgehead atoms. The fourth-order valence-electron chi connectivity index (χ4n) is 6.96. The van der Waals surface area contributed by atoms with Crippen molar-refractivity contribution >= 4 is 51.8 Å². The molecule has 2 aromatic heterocycles. The molecule has 7 N–H and O–H groups in total. The van der Waals surface area contributed by atoms with E-state index in [1.807, 2.05) is 24.3 Å². The van der Waals surface area contributed by atoms with Gasteiger partial charge in [-0.2, -0.15) is 0 Å². The molecule has 5 aromatic rings. The Labute approximate surface area is 276 Å². The van der Waals surface area contributed by atoms with Crippen molar-refractivity contribution in [3.05, 3.63) is 81.7 Å². The van der Waals surface area contributed by atoms with Crippen molar-refractivity contribution in [1.82, 2.24) is 20.2 Å². The van der Waals surface area contributed by atoms with E-state index in [2.05, 4.69) is 34.2 Å². The first-order valence-corrected chi connectivity index (χ1v) is 16.0. The van der Waals surface area contributed by atoms with Gasteiger partial charge in [0.2, 0.25) is 11.8 Å². The predicted octanol–water partition coefficient (Wildman–Crippen LogP) is 5.34. The molecule has 2 saturated carbocycles. The zero-order chi connectivity index (χ0) is 32.1. The summed E-state index contributed by atoms with van der Waals surface area (Å²) in [5, 5.41) is 4.92. The van der Waals surface area contributed by atoms with Crippen molar-refractivity contribution in [3.8, 4) is 11.1 Å². The van der Waals surface area contributed by atoms with Crippen LogP contribution in [0.5, 0.6) is 0 Å². The maximum atomic E-state index is 15.3. The number of nitrogens with zero attached hydrogens (tertiary/aromatic N) is 2. The third-order valence-corrected chi connectivity index (χ3v) is 9.80. The predicted molar refractivity (Wildman–Crippen MR) is 183 cm³/mol. The molecule has 47 heavy (non-hydrogen) atoms. The molecule has 2 heterocycles. The summed E-state index contributed by atoms with van der Waals surface area (Å²) >= 11 is 0. The van der Waals surface area contributed by atoms with Gasteiger partial charge >= 0.3 is 0 Å². The summed E-state index contributed by atoms with van der Waals surface area (Å²) in [5.41, 5.74) is 17.6. The number of benzene rings is 3. The molecule has 2 aliphatic carbocycles. The fourth-order valence-corrected chi connectivity index (χ4v) is 6.96. The van der Waals surface area contributed by atoms with Gasteiger partial charge in [0.15, 0.2) is 0 Å². The number of carbonyl (C=O) groups excluding carboxylic acids is 2. The Morgan fingerprint density at radius 2 is 1.72 bits per heavy atom. The number of amides is 2. The molecule has 3 aromatic carbocycles. The number of hydrogen-bond acceptors (Lipinski definition) is 5. The Kier molecular flexibility index (Phi) is 8.95. The molecule has 0 saturated heterocycles. The normalized spacial score (nSPS) is 18.6. The van der Waals surface area contributed by atoms with Crippen LogP contribution in [0, 0.1) is 24.6 Å². The van der Waals surface area contributed by atoms with E-state index in [0.717, 1.165) is 58.0 Å². The average Bonchev–Trinajstić information content (AvgIpc) is 3.72. The number of H-pyrrole nitrogens is 3. The smallest absolute Gasteiger partial charge is 0.274 e. The third kappa shape index (κ3) is 6.29. The number of aromatic nitrogens is 4. The second kappa shape index (κ2) is 13.0. The summed E-state index contributed by atoms with van der Waals surface area (Å²) in [5.74, 6) is -0.225. The summed E-state index contributed by atoms with van der Waals surface area (Å²) in [4.78, 5) is 49.1. The highest BCUT2D eigenvalue weighted by Crippen LogP contribution is 2.40. The highest BCUT2D eigenvalue weighted by molar-refractivity contribution is 6.03. The molecule has 1 atom stereocenters. The van der Waals surface area contributed by atoms with Gasteiger partial charge in [0.05, 0.1) is 16.6 Å². The van der Waals surface area contributed by atoms with Crippen LogP contribution in [0.25, 0.3) is 33.1 Å². The van der Waals surface area contributed by atoms with Crippen molar-refractivity contribution in [2.24, 2.45) is 23.3 Å². The van der Waals surface area contributed by atoms with Crippen molar-refractivity contribution in [2.45, 2.75) is 63.8 Å². The Bertz CT molecular complexity index is 2010. The number of hydrogen-bond donors (Lipinski definition) is 5. The molecular formula is C35H39ClFN7O3. The van der Waals surface area contributed by atoms with Crippen LogP contribution in [-0.4, -0.2) is 44.6 Å². The van der Waals surface area contributed by atoms with Gasteiger partial charge in [-0.15, -0.1) is 12.4 Å². The number of anilines is 1. The maximum absolute atomic E-state index is 15.3. The quantitative estimate of drug-likeness (QED) is 0.144. The number of nitrogens with two attached hydrogens (primary N) is 2. The van der Waals surface area contributed by atoms with Crippen LogP contribution in [0.4, 0.5) is 10.1 Å². The molecule has 12 heteroatoms. The standard InChI is InChI=1S/C35H38FN7O3.ClH/c1-18-12-27-28(40-33(39-27)22-10-11-22)16-25(18)21-6-2-19(3-7-21)13-30(32(38)44)43(35(46)23-8-4-20(17-37)5-9-23)24-14-26(36)31-29(15-24)41-42-34(31)45;/h2-3,6-7,12,14-16,20,22-23,30H,4-5,8-11,13,17,37H2,1H3,(H2,38,44)(H,39,40)(H2,41,42,45);1H/t20?,23?,30-;/m0./s1. The number of halogens is 2. The number of carbonyl (C=O) groups is 2. The topological polar surface area (TPSA) is 167 Å². The number of primary amides is 1. The van der Waals surface area contributed by atoms with E-state index in [9.17, 15) is 14.4 Å². The molecule has 0 radical (unpaired) electrons. The lowest BCUT2D eigenvalue weighted by atomic mass is 9.81. The average molecular weight is 660 g/mol. The highest BCUT2D eigenvalue weighted by atomic mass is 35.5. The first kappa shape index (κ1) is 32.5. The van der Waals surface area contributed by atoms with Crippen molar-refractivity contribution in [2.75, 3.05) is 11.4 Å². The van der Waals surface area contributed by atoms with Crippen LogP contribution in [-0.2, 0) is 16.0 Å². The lowest BCUT2D eigenvalue weighted by molar-refractivity contribution is -0.127. The van der Waals surface area contributed by atoms with Gasteiger partial charge in [0.1, 0.15) is 23.1 Å². The second-order valence-electron chi connectivity index (χ2n) is 13.0. The minimum absolute atomic E-state index is 0. The van der Waals surface area contributed by atoms with Crippen LogP contribution in [0.15, 0.2) is 53.3 Å². The summed E-state index contributed by atoms with van der Waals surface area (Å²) in [6.45, 7) is 2.63.